The van der Waals surface area contributed by atoms with Crippen molar-refractivity contribution in [3.8, 4) is 0 Å². The maximum atomic E-state index is 12.3. The summed E-state index contributed by atoms with van der Waals surface area (Å²) < 4.78 is 5.30. The highest BCUT2D eigenvalue weighted by Gasteiger charge is 2.25. The minimum absolute atomic E-state index is 0.365. The summed E-state index contributed by atoms with van der Waals surface area (Å²) in [5.41, 5.74) is 4.26. The molecule has 0 unspecified atom stereocenters. The number of benzene rings is 2. The van der Waals surface area contributed by atoms with E-state index in [-0.39, 0.29) is 5.97 Å². The Morgan fingerprint density at radius 3 is 2.54 bits per heavy atom. The zero-order valence-corrected chi connectivity index (χ0v) is 14.8. The first-order chi connectivity index (χ1) is 12.6. The minimum atomic E-state index is -0.912. The van der Waals surface area contributed by atoms with Gasteiger partial charge in [0.2, 0.25) is 0 Å². The van der Waals surface area contributed by atoms with Crippen LogP contribution in [0.25, 0.3) is 5.57 Å². The predicted octanol–water partition coefficient (Wildman–Crippen LogP) is 4.48. The highest BCUT2D eigenvalue weighted by molar-refractivity contribution is 6.03. The highest BCUT2D eigenvalue weighted by atomic mass is 16.5. The number of carboxylic acids is 1. The van der Waals surface area contributed by atoms with Crippen molar-refractivity contribution < 1.29 is 19.4 Å². The Hall–Kier alpha value is -2.88. The number of rotatable bonds is 6. The van der Waals surface area contributed by atoms with Gasteiger partial charge in [-0.3, -0.25) is 0 Å². The lowest BCUT2D eigenvalue weighted by Crippen LogP contribution is -2.14. The van der Waals surface area contributed by atoms with Crippen molar-refractivity contribution in [3.63, 3.8) is 0 Å². The summed E-state index contributed by atoms with van der Waals surface area (Å²) in [5.74, 6) is -1.28. The van der Waals surface area contributed by atoms with Crippen molar-refractivity contribution >= 4 is 17.5 Å². The van der Waals surface area contributed by atoms with Gasteiger partial charge in [-0.05, 0) is 53.7 Å². The highest BCUT2D eigenvalue weighted by Crippen LogP contribution is 2.36. The average Bonchev–Trinajstić information content (AvgIpc) is 2.67. The molecule has 2 aromatic rings. The molecule has 0 bridgehead atoms. The number of hydrogen-bond acceptors (Lipinski definition) is 3. The third-order valence-corrected chi connectivity index (χ3v) is 4.61. The molecule has 0 saturated heterocycles. The van der Waals surface area contributed by atoms with E-state index in [4.69, 9.17) is 4.74 Å². The van der Waals surface area contributed by atoms with Gasteiger partial charge in [-0.1, -0.05) is 49.7 Å². The van der Waals surface area contributed by atoms with Crippen molar-refractivity contribution in [2.24, 2.45) is 0 Å². The zero-order valence-electron chi connectivity index (χ0n) is 14.8. The fourth-order valence-corrected chi connectivity index (χ4v) is 3.24. The molecule has 1 aliphatic rings. The smallest absolute Gasteiger partial charge is 0.338 e. The quantitative estimate of drug-likeness (QED) is 0.616. The first kappa shape index (κ1) is 17.9. The number of carbonyl (C=O) groups is 2. The van der Waals surface area contributed by atoms with Crippen LogP contribution in [0.3, 0.4) is 0 Å². The molecule has 4 heteroatoms. The Kier molecular flexibility index (Phi) is 5.52. The summed E-state index contributed by atoms with van der Waals surface area (Å²) in [4.78, 5) is 24.1. The largest absolute Gasteiger partial charge is 0.478 e. The van der Waals surface area contributed by atoms with E-state index in [9.17, 15) is 14.7 Å². The van der Waals surface area contributed by atoms with Gasteiger partial charge in [0, 0.05) is 5.57 Å². The van der Waals surface area contributed by atoms with Crippen LogP contribution in [0.2, 0.25) is 0 Å². The molecule has 0 aliphatic heterocycles. The number of esters is 1. The normalized spacial score (nSPS) is 13.3. The maximum absolute atomic E-state index is 12.3. The average molecular weight is 350 g/mol. The fraction of sp³-hybridized carbons (Fsp3) is 0.273. The van der Waals surface area contributed by atoms with E-state index in [1.54, 1.807) is 12.1 Å². The zero-order chi connectivity index (χ0) is 18.5. The Balaban J connectivity index is 2.05. The van der Waals surface area contributed by atoms with Crippen LogP contribution in [-0.4, -0.2) is 23.7 Å². The van der Waals surface area contributed by atoms with E-state index in [0.29, 0.717) is 36.2 Å². The monoisotopic (exact) mass is 350 g/mol. The van der Waals surface area contributed by atoms with Gasteiger partial charge < -0.3 is 9.84 Å². The molecule has 0 fully saturated rings. The van der Waals surface area contributed by atoms with E-state index in [1.165, 1.54) is 0 Å². The van der Waals surface area contributed by atoms with Gasteiger partial charge in [0.15, 0.2) is 0 Å². The summed E-state index contributed by atoms with van der Waals surface area (Å²) in [7, 11) is 0. The number of ether oxygens (including phenoxy) is 1. The molecule has 0 radical (unpaired) electrons. The molecule has 0 saturated carbocycles. The van der Waals surface area contributed by atoms with Crippen molar-refractivity contribution in [2.75, 3.05) is 6.61 Å². The molecule has 26 heavy (non-hydrogen) atoms. The number of aliphatic carboxylic acids is 1. The van der Waals surface area contributed by atoms with E-state index in [1.807, 2.05) is 43.3 Å². The summed E-state index contributed by atoms with van der Waals surface area (Å²) in [6.07, 6.45) is 2.92. The first-order valence-electron chi connectivity index (χ1n) is 8.94. The molecule has 1 N–H and O–H groups in total. The Morgan fingerprint density at radius 1 is 1.08 bits per heavy atom. The van der Waals surface area contributed by atoms with Gasteiger partial charge in [0.25, 0.3) is 0 Å². The number of aryl methyl sites for hydroxylation is 1. The van der Waals surface area contributed by atoms with Crippen LogP contribution in [0, 0.1) is 0 Å². The number of carbonyl (C=O) groups excluding carboxylic acids is 1. The predicted molar refractivity (Wildman–Crippen MR) is 100 cm³/mol. The van der Waals surface area contributed by atoms with Crippen molar-refractivity contribution in [1.29, 1.82) is 0 Å². The van der Waals surface area contributed by atoms with Gasteiger partial charge in [-0.25, -0.2) is 9.59 Å². The van der Waals surface area contributed by atoms with Crippen LogP contribution in [0.4, 0.5) is 0 Å². The summed E-state index contributed by atoms with van der Waals surface area (Å²) in [6.45, 7) is 2.44. The second-order valence-corrected chi connectivity index (χ2v) is 6.39. The van der Waals surface area contributed by atoms with Crippen LogP contribution in [0.1, 0.15) is 53.2 Å². The fourth-order valence-electron chi connectivity index (χ4n) is 3.24. The van der Waals surface area contributed by atoms with Crippen LogP contribution in [-0.2, 0) is 16.0 Å². The molecule has 2 aromatic carbocycles. The topological polar surface area (TPSA) is 63.6 Å². The molecular formula is C22H22O4. The van der Waals surface area contributed by atoms with E-state index < -0.39 is 5.97 Å². The lowest BCUT2D eigenvalue weighted by atomic mass is 9.81. The lowest BCUT2D eigenvalue weighted by Gasteiger charge is -2.22. The molecule has 0 amide bonds. The minimum Gasteiger partial charge on any atom is -0.478 e. The molecule has 0 aromatic heterocycles. The standard InChI is InChI=1S/C22H22O4/c1-2-3-13-26-22(25)17-10-9-15-11-12-18(21(23)24)20(19(15)14-17)16-7-5-4-6-8-16/h4-10,14H,2-3,11-13H2,1H3,(H,23,24). The third kappa shape index (κ3) is 3.69. The molecule has 134 valence electrons. The van der Waals surface area contributed by atoms with Crippen molar-refractivity contribution in [1.82, 2.24) is 0 Å². The second kappa shape index (κ2) is 8.00. The van der Waals surface area contributed by atoms with Crippen molar-refractivity contribution in [3.05, 3.63) is 76.4 Å². The third-order valence-electron chi connectivity index (χ3n) is 4.61. The Bertz CT molecular complexity index is 850. The SMILES string of the molecule is CCCCOC(=O)c1ccc2c(c1)C(c1ccccc1)=C(C(=O)O)CC2. The molecule has 1 aliphatic carbocycles. The Labute approximate surface area is 153 Å². The molecule has 0 atom stereocenters. The van der Waals surface area contributed by atoms with Crippen LogP contribution in [0.5, 0.6) is 0 Å². The molecule has 3 rings (SSSR count). The summed E-state index contributed by atoms with van der Waals surface area (Å²) in [6, 6.07) is 14.9. The number of fused-ring (bicyclic) bond motifs is 1. The van der Waals surface area contributed by atoms with Crippen LogP contribution in [0.15, 0.2) is 54.1 Å². The van der Waals surface area contributed by atoms with Gasteiger partial charge in [0.1, 0.15) is 0 Å². The second-order valence-electron chi connectivity index (χ2n) is 6.39. The number of hydrogen-bond donors (Lipinski definition) is 1. The van der Waals surface area contributed by atoms with E-state index >= 15 is 0 Å². The van der Waals surface area contributed by atoms with E-state index in [0.717, 1.165) is 29.5 Å². The van der Waals surface area contributed by atoms with Gasteiger partial charge in [-0.2, -0.15) is 0 Å². The maximum Gasteiger partial charge on any atom is 0.338 e. The van der Waals surface area contributed by atoms with Crippen LogP contribution < -0.4 is 0 Å². The first-order valence-corrected chi connectivity index (χ1v) is 8.94. The van der Waals surface area contributed by atoms with Gasteiger partial charge >= 0.3 is 11.9 Å². The summed E-state index contributed by atoms with van der Waals surface area (Å²) >= 11 is 0. The number of carboxylic acid groups (broad SMARTS) is 1. The molecule has 4 nitrogen and oxygen atoms in total. The van der Waals surface area contributed by atoms with Gasteiger partial charge in [-0.15, -0.1) is 0 Å². The van der Waals surface area contributed by atoms with Crippen LogP contribution >= 0.6 is 0 Å². The Morgan fingerprint density at radius 2 is 1.85 bits per heavy atom. The lowest BCUT2D eigenvalue weighted by molar-refractivity contribution is -0.132. The molecule has 0 heterocycles. The van der Waals surface area contributed by atoms with Gasteiger partial charge in [0.05, 0.1) is 12.2 Å². The molecular weight excluding hydrogens is 328 g/mol. The molecule has 0 spiro atoms. The summed E-state index contributed by atoms with van der Waals surface area (Å²) in [5, 5.41) is 9.67. The van der Waals surface area contributed by atoms with Crippen molar-refractivity contribution in [2.45, 2.75) is 32.6 Å². The van der Waals surface area contributed by atoms with E-state index in [2.05, 4.69) is 0 Å². The number of unbranched alkanes of at least 4 members (excludes halogenated alkanes) is 1.